The summed E-state index contributed by atoms with van der Waals surface area (Å²) in [5.41, 5.74) is -0.0495. The Morgan fingerprint density at radius 3 is 2.56 bits per heavy atom. The number of nitro benzene ring substituents is 1. The van der Waals surface area contributed by atoms with Crippen LogP contribution in [-0.4, -0.2) is 43.2 Å². The van der Waals surface area contributed by atoms with Crippen LogP contribution in [0.5, 0.6) is 5.75 Å². The normalized spacial score (nSPS) is 14.8. The Morgan fingerprint density at radius 1 is 1.22 bits per heavy atom. The Balaban J connectivity index is 1.70. The highest BCUT2D eigenvalue weighted by Crippen LogP contribution is 2.31. The van der Waals surface area contributed by atoms with Crippen LogP contribution in [0.1, 0.15) is 32.1 Å². The molecule has 1 N–H and O–H groups in total. The van der Waals surface area contributed by atoms with Crippen LogP contribution in [0.25, 0.3) is 0 Å². The summed E-state index contributed by atoms with van der Waals surface area (Å²) in [6.45, 7) is -0.454. The van der Waals surface area contributed by atoms with E-state index in [1.807, 2.05) is 0 Å². The zero-order valence-electron chi connectivity index (χ0n) is 17.5. The summed E-state index contributed by atoms with van der Waals surface area (Å²) in [6, 6.07) is 9.76. The van der Waals surface area contributed by atoms with Crippen LogP contribution >= 0.6 is 11.6 Å². The fourth-order valence-electron chi connectivity index (χ4n) is 3.64. The minimum absolute atomic E-state index is 0.00907. The molecule has 1 fully saturated rings. The van der Waals surface area contributed by atoms with Crippen molar-refractivity contribution in [1.82, 2.24) is 4.31 Å². The number of hydrogen-bond acceptors (Lipinski definition) is 6. The molecule has 0 bridgehead atoms. The molecule has 0 aromatic heterocycles. The van der Waals surface area contributed by atoms with E-state index in [1.165, 1.54) is 28.6 Å². The molecule has 1 aliphatic carbocycles. The van der Waals surface area contributed by atoms with E-state index < -0.39 is 27.5 Å². The summed E-state index contributed by atoms with van der Waals surface area (Å²) in [5.74, 6) is -0.493. The predicted molar refractivity (Wildman–Crippen MR) is 120 cm³/mol. The monoisotopic (exact) mass is 481 g/mol. The molecule has 3 rings (SSSR count). The molecule has 0 aliphatic heterocycles. The zero-order chi connectivity index (χ0) is 23.3. The summed E-state index contributed by atoms with van der Waals surface area (Å²) in [7, 11) is -2.24. The molecule has 0 unspecified atom stereocenters. The van der Waals surface area contributed by atoms with E-state index in [-0.39, 0.29) is 33.1 Å². The van der Waals surface area contributed by atoms with Gasteiger partial charge in [-0.15, -0.1) is 0 Å². The molecule has 1 saturated carbocycles. The van der Waals surface area contributed by atoms with Crippen LogP contribution in [-0.2, 0) is 14.8 Å². The van der Waals surface area contributed by atoms with Crippen LogP contribution in [0.4, 0.5) is 11.4 Å². The maximum Gasteiger partial charge on any atom is 0.271 e. The number of carbonyl (C=O) groups excluding carboxylic acids is 1. The number of nitrogens with zero attached hydrogens (tertiary/aromatic N) is 2. The maximum absolute atomic E-state index is 13.2. The summed E-state index contributed by atoms with van der Waals surface area (Å²) < 4.78 is 33.2. The lowest BCUT2D eigenvalue weighted by atomic mass is 9.96. The largest absolute Gasteiger partial charge is 0.482 e. The number of ether oxygens (including phenoxy) is 1. The third-order valence-electron chi connectivity index (χ3n) is 5.39. The summed E-state index contributed by atoms with van der Waals surface area (Å²) >= 11 is 5.96. The first-order valence-corrected chi connectivity index (χ1v) is 12.0. The van der Waals surface area contributed by atoms with Crippen LogP contribution in [0.3, 0.4) is 0 Å². The molecular formula is C21H24ClN3O6S. The number of amides is 1. The first-order valence-electron chi connectivity index (χ1n) is 10.1. The Hall–Kier alpha value is -2.69. The van der Waals surface area contributed by atoms with Crippen molar-refractivity contribution in [3.63, 3.8) is 0 Å². The van der Waals surface area contributed by atoms with E-state index in [9.17, 15) is 23.3 Å². The number of carbonyl (C=O) groups is 1. The SMILES string of the molecule is CN(C1CCCCC1)S(=O)(=O)c1ccccc1NC(=O)COc1ccc([N+](=O)[O-])cc1Cl. The molecule has 32 heavy (non-hydrogen) atoms. The van der Waals surface area contributed by atoms with Gasteiger partial charge in [0.05, 0.1) is 15.6 Å². The molecule has 0 heterocycles. The van der Waals surface area contributed by atoms with Gasteiger partial charge in [-0.05, 0) is 31.0 Å². The van der Waals surface area contributed by atoms with Crippen molar-refractivity contribution in [3.8, 4) is 5.75 Å². The Bertz CT molecular complexity index is 1100. The van der Waals surface area contributed by atoms with Gasteiger partial charge in [-0.2, -0.15) is 4.31 Å². The lowest BCUT2D eigenvalue weighted by molar-refractivity contribution is -0.384. The van der Waals surface area contributed by atoms with E-state index in [0.717, 1.165) is 38.2 Å². The van der Waals surface area contributed by atoms with Gasteiger partial charge < -0.3 is 10.1 Å². The quantitative estimate of drug-likeness (QED) is 0.445. The lowest BCUT2D eigenvalue weighted by Crippen LogP contribution is -2.38. The van der Waals surface area contributed by atoms with Gasteiger partial charge in [0.2, 0.25) is 10.0 Å². The number of benzene rings is 2. The van der Waals surface area contributed by atoms with Crippen LogP contribution in [0.2, 0.25) is 5.02 Å². The second-order valence-electron chi connectivity index (χ2n) is 7.52. The minimum Gasteiger partial charge on any atom is -0.482 e. The van der Waals surface area contributed by atoms with Crippen molar-refractivity contribution in [2.24, 2.45) is 0 Å². The Kier molecular flexibility index (Phi) is 7.70. The van der Waals surface area contributed by atoms with E-state index in [4.69, 9.17) is 16.3 Å². The number of halogens is 1. The van der Waals surface area contributed by atoms with Gasteiger partial charge in [-0.1, -0.05) is 43.0 Å². The fourth-order valence-corrected chi connectivity index (χ4v) is 5.43. The van der Waals surface area contributed by atoms with Gasteiger partial charge in [-0.3, -0.25) is 14.9 Å². The van der Waals surface area contributed by atoms with E-state index >= 15 is 0 Å². The van der Waals surface area contributed by atoms with Crippen molar-refractivity contribution in [2.75, 3.05) is 19.0 Å². The second-order valence-corrected chi connectivity index (χ2v) is 9.89. The summed E-state index contributed by atoms with van der Waals surface area (Å²) in [6.07, 6.45) is 4.72. The number of rotatable bonds is 8. The van der Waals surface area contributed by atoms with Gasteiger partial charge in [0.1, 0.15) is 10.6 Å². The second kappa shape index (κ2) is 10.3. The molecule has 1 amide bonds. The van der Waals surface area contributed by atoms with Crippen LogP contribution in [0, 0.1) is 10.1 Å². The van der Waals surface area contributed by atoms with E-state index in [2.05, 4.69) is 5.32 Å². The average Bonchev–Trinajstić information content (AvgIpc) is 2.78. The number of sulfonamides is 1. The van der Waals surface area contributed by atoms with Crippen molar-refractivity contribution in [1.29, 1.82) is 0 Å². The smallest absolute Gasteiger partial charge is 0.271 e. The van der Waals surface area contributed by atoms with Crippen molar-refractivity contribution in [3.05, 3.63) is 57.6 Å². The first kappa shape index (κ1) is 24.0. The van der Waals surface area contributed by atoms with Crippen molar-refractivity contribution in [2.45, 2.75) is 43.0 Å². The fraction of sp³-hybridized carbons (Fsp3) is 0.381. The number of non-ortho nitro benzene ring substituents is 1. The van der Waals surface area contributed by atoms with E-state index in [1.54, 1.807) is 19.2 Å². The molecule has 0 saturated heterocycles. The third kappa shape index (κ3) is 5.56. The van der Waals surface area contributed by atoms with E-state index in [0.29, 0.717) is 0 Å². The molecule has 172 valence electrons. The Morgan fingerprint density at radius 2 is 1.91 bits per heavy atom. The molecule has 2 aromatic carbocycles. The molecule has 0 radical (unpaired) electrons. The van der Waals surface area contributed by atoms with Crippen LogP contribution in [0.15, 0.2) is 47.4 Å². The number of para-hydroxylation sites is 1. The molecule has 2 aromatic rings. The predicted octanol–water partition coefficient (Wildman–Crippen LogP) is 4.22. The topological polar surface area (TPSA) is 119 Å². The van der Waals surface area contributed by atoms with Gasteiger partial charge in [0, 0.05) is 25.2 Å². The molecule has 0 spiro atoms. The van der Waals surface area contributed by atoms with Gasteiger partial charge >= 0.3 is 0 Å². The summed E-state index contributed by atoms with van der Waals surface area (Å²) in [4.78, 5) is 22.6. The molecule has 9 nitrogen and oxygen atoms in total. The average molecular weight is 482 g/mol. The van der Waals surface area contributed by atoms with Gasteiger partial charge in [0.25, 0.3) is 11.6 Å². The highest BCUT2D eigenvalue weighted by molar-refractivity contribution is 7.89. The van der Waals surface area contributed by atoms with Gasteiger partial charge in [0.15, 0.2) is 6.61 Å². The van der Waals surface area contributed by atoms with Crippen molar-refractivity contribution >= 4 is 38.9 Å². The number of hydrogen-bond donors (Lipinski definition) is 1. The van der Waals surface area contributed by atoms with Crippen molar-refractivity contribution < 1.29 is 22.9 Å². The lowest BCUT2D eigenvalue weighted by Gasteiger charge is -2.30. The number of nitrogens with one attached hydrogen (secondary N) is 1. The number of nitro groups is 1. The van der Waals surface area contributed by atoms with Gasteiger partial charge in [-0.25, -0.2) is 8.42 Å². The highest BCUT2D eigenvalue weighted by Gasteiger charge is 2.31. The standard InChI is InChI=1S/C21H24ClN3O6S/c1-24(15-7-3-2-4-8-15)32(29,30)20-10-6-5-9-18(20)23-21(26)14-31-19-12-11-16(25(27)28)13-17(19)22/h5-6,9-13,15H,2-4,7-8,14H2,1H3,(H,23,26). The van der Waals surface area contributed by atoms with Crippen LogP contribution < -0.4 is 10.1 Å². The number of anilines is 1. The third-order valence-corrected chi connectivity index (χ3v) is 7.66. The molecular weight excluding hydrogens is 458 g/mol. The maximum atomic E-state index is 13.2. The molecule has 0 atom stereocenters. The molecule has 1 aliphatic rings. The summed E-state index contributed by atoms with van der Waals surface area (Å²) in [5, 5.41) is 13.3. The molecule has 11 heteroatoms. The first-order chi connectivity index (χ1) is 15.2. The minimum atomic E-state index is -3.81. The Labute approximate surface area is 191 Å². The zero-order valence-corrected chi connectivity index (χ0v) is 19.1. The highest BCUT2D eigenvalue weighted by atomic mass is 35.5.